The Bertz CT molecular complexity index is 1060. The Labute approximate surface area is 181 Å². The van der Waals surface area contributed by atoms with E-state index in [1.165, 1.54) is 39.8 Å². The molecule has 158 valence electrons. The molecule has 9 nitrogen and oxygen atoms in total. The zero-order valence-electron chi connectivity index (χ0n) is 16.1. The number of rotatable bonds is 5. The molecule has 30 heavy (non-hydrogen) atoms. The van der Waals surface area contributed by atoms with Crippen molar-refractivity contribution >= 4 is 53.0 Å². The van der Waals surface area contributed by atoms with Gasteiger partial charge in [-0.05, 0) is 6.07 Å². The smallest absolute Gasteiger partial charge is 0.496 e. The van der Waals surface area contributed by atoms with E-state index in [1.54, 1.807) is 11.0 Å². The first-order valence-electron chi connectivity index (χ1n) is 8.37. The zero-order valence-corrected chi connectivity index (χ0v) is 17.6. The molecule has 0 aliphatic carbocycles. The fourth-order valence-corrected chi connectivity index (χ4v) is 3.55. The first-order valence-corrected chi connectivity index (χ1v) is 9.13. The highest BCUT2D eigenvalue weighted by Crippen LogP contribution is 2.46. The summed E-state index contributed by atoms with van der Waals surface area (Å²) in [5.41, 5.74) is 1.56. The van der Waals surface area contributed by atoms with Crippen LogP contribution < -0.4 is 19.1 Å². The van der Waals surface area contributed by atoms with Crippen molar-refractivity contribution in [3.8, 4) is 17.2 Å². The van der Waals surface area contributed by atoms with Gasteiger partial charge in [0.05, 0.1) is 55.6 Å². The maximum atomic E-state index is 11.9. The standard InChI is InChI=1S/C19H16Cl2N2O7/c1-27-14-6-13(11(20)4-9(14)18(24)29-3)23-7-10-16(22-8-23)12(21)5-15(17(10)28-2)30-19(25)26/h4-6,8H,7H2,1-3H3,(H,25,26). The first-order chi connectivity index (χ1) is 14.3. The van der Waals surface area contributed by atoms with Gasteiger partial charge in [0.1, 0.15) is 11.3 Å². The molecule has 2 aromatic rings. The minimum absolute atomic E-state index is 0.0597. The van der Waals surface area contributed by atoms with Gasteiger partial charge in [0.2, 0.25) is 0 Å². The summed E-state index contributed by atoms with van der Waals surface area (Å²) in [6, 6.07) is 4.32. The van der Waals surface area contributed by atoms with Crippen LogP contribution in [0.5, 0.6) is 17.2 Å². The number of methoxy groups -OCH3 is 3. The summed E-state index contributed by atoms with van der Waals surface area (Å²) < 4.78 is 20.2. The summed E-state index contributed by atoms with van der Waals surface area (Å²) in [7, 11) is 4.05. The number of nitrogens with zero attached hydrogens (tertiary/aromatic N) is 2. The first kappa shape index (κ1) is 21.5. The molecule has 0 atom stereocenters. The van der Waals surface area contributed by atoms with E-state index in [0.29, 0.717) is 16.9 Å². The van der Waals surface area contributed by atoms with Crippen molar-refractivity contribution < 1.29 is 33.6 Å². The van der Waals surface area contributed by atoms with E-state index in [-0.39, 0.29) is 39.4 Å². The van der Waals surface area contributed by atoms with Crippen molar-refractivity contribution in [1.82, 2.24) is 0 Å². The van der Waals surface area contributed by atoms with Crippen molar-refractivity contribution in [3.05, 3.63) is 39.4 Å². The molecule has 0 unspecified atom stereocenters. The zero-order chi connectivity index (χ0) is 22.0. The normalized spacial score (nSPS) is 12.2. The lowest BCUT2D eigenvalue weighted by molar-refractivity contribution is 0.0597. The Morgan fingerprint density at radius 3 is 2.40 bits per heavy atom. The number of esters is 1. The molecule has 1 heterocycles. The van der Waals surface area contributed by atoms with E-state index >= 15 is 0 Å². The summed E-state index contributed by atoms with van der Waals surface area (Å²) in [5.74, 6) is -0.223. The summed E-state index contributed by atoms with van der Waals surface area (Å²) in [4.78, 5) is 29.0. The highest BCUT2D eigenvalue weighted by Gasteiger charge is 2.27. The Balaban J connectivity index is 2.08. The highest BCUT2D eigenvalue weighted by atomic mass is 35.5. The Morgan fingerprint density at radius 2 is 1.80 bits per heavy atom. The van der Waals surface area contributed by atoms with Crippen LogP contribution in [0, 0.1) is 0 Å². The maximum Gasteiger partial charge on any atom is 0.511 e. The largest absolute Gasteiger partial charge is 0.511 e. The molecule has 0 saturated carbocycles. The van der Waals surface area contributed by atoms with Crippen molar-refractivity contribution in [2.45, 2.75) is 6.54 Å². The number of carbonyl (C=O) groups excluding carboxylic acids is 1. The van der Waals surface area contributed by atoms with Gasteiger partial charge in [0.15, 0.2) is 11.5 Å². The molecule has 0 radical (unpaired) electrons. The number of hydrogen-bond donors (Lipinski definition) is 1. The number of fused-ring (bicyclic) bond motifs is 1. The molecule has 0 amide bonds. The van der Waals surface area contributed by atoms with E-state index in [0.717, 1.165) is 0 Å². The summed E-state index contributed by atoms with van der Waals surface area (Å²) in [5, 5.41) is 9.41. The van der Waals surface area contributed by atoms with E-state index in [9.17, 15) is 9.59 Å². The summed E-state index contributed by atoms with van der Waals surface area (Å²) in [6.45, 7) is 0.180. The van der Waals surface area contributed by atoms with Gasteiger partial charge >= 0.3 is 12.1 Å². The van der Waals surface area contributed by atoms with Crippen LogP contribution in [0.2, 0.25) is 10.0 Å². The molecule has 0 saturated heterocycles. The lowest BCUT2D eigenvalue weighted by atomic mass is 10.1. The number of hydrogen-bond acceptors (Lipinski definition) is 8. The fraction of sp³-hybridized carbons (Fsp3) is 0.211. The third kappa shape index (κ3) is 3.94. The summed E-state index contributed by atoms with van der Waals surface area (Å²) >= 11 is 12.6. The fourth-order valence-electron chi connectivity index (χ4n) is 3.02. The van der Waals surface area contributed by atoms with Crippen LogP contribution in [0.1, 0.15) is 15.9 Å². The van der Waals surface area contributed by atoms with Gasteiger partial charge < -0.3 is 29.0 Å². The molecule has 2 aromatic carbocycles. The van der Waals surface area contributed by atoms with Crippen LogP contribution in [-0.4, -0.2) is 44.9 Å². The van der Waals surface area contributed by atoms with Crippen LogP contribution in [-0.2, 0) is 11.3 Å². The van der Waals surface area contributed by atoms with E-state index in [2.05, 4.69) is 4.99 Å². The number of carboxylic acid groups (broad SMARTS) is 1. The molecule has 3 rings (SSSR count). The molecule has 0 fully saturated rings. The van der Waals surface area contributed by atoms with Gasteiger partial charge in [-0.3, -0.25) is 0 Å². The van der Waals surface area contributed by atoms with Crippen LogP contribution in [0.4, 0.5) is 16.2 Å². The van der Waals surface area contributed by atoms with E-state index in [4.69, 9.17) is 47.3 Å². The van der Waals surface area contributed by atoms with E-state index in [1.807, 2.05) is 0 Å². The van der Waals surface area contributed by atoms with Crippen LogP contribution in [0.3, 0.4) is 0 Å². The Hall–Kier alpha value is -3.17. The van der Waals surface area contributed by atoms with Gasteiger partial charge in [0, 0.05) is 17.7 Å². The van der Waals surface area contributed by atoms with Crippen LogP contribution in [0.25, 0.3) is 0 Å². The number of aliphatic imine (C=N–C) groups is 1. The highest BCUT2D eigenvalue weighted by molar-refractivity contribution is 6.34. The van der Waals surface area contributed by atoms with Crippen LogP contribution >= 0.6 is 23.2 Å². The molecule has 1 N–H and O–H groups in total. The molecular formula is C19H16Cl2N2O7. The van der Waals surface area contributed by atoms with Crippen molar-refractivity contribution in [2.24, 2.45) is 4.99 Å². The van der Waals surface area contributed by atoms with Gasteiger partial charge in [-0.2, -0.15) is 0 Å². The minimum Gasteiger partial charge on any atom is -0.496 e. The van der Waals surface area contributed by atoms with Crippen molar-refractivity contribution in [2.75, 3.05) is 26.2 Å². The second-order valence-electron chi connectivity index (χ2n) is 5.95. The number of anilines is 1. The SMILES string of the molecule is COC(=O)c1cc(Cl)c(N2C=Nc3c(Cl)cc(OC(=O)O)c(OC)c3C2)cc1OC. The number of benzene rings is 2. The molecule has 0 bridgehead atoms. The maximum absolute atomic E-state index is 11.9. The topological polar surface area (TPSA) is 107 Å². The molecule has 1 aliphatic rings. The predicted octanol–water partition coefficient (Wildman–Crippen LogP) is 4.53. The number of ether oxygens (including phenoxy) is 4. The minimum atomic E-state index is -1.51. The second-order valence-corrected chi connectivity index (χ2v) is 6.77. The summed E-state index contributed by atoms with van der Waals surface area (Å²) in [6.07, 6.45) is -0.00390. The van der Waals surface area contributed by atoms with E-state index < -0.39 is 12.1 Å². The molecule has 0 aromatic heterocycles. The average Bonchev–Trinajstić information content (AvgIpc) is 2.72. The Morgan fingerprint density at radius 1 is 1.07 bits per heavy atom. The van der Waals surface area contributed by atoms with Gasteiger partial charge in [-0.15, -0.1) is 0 Å². The van der Waals surface area contributed by atoms with Crippen molar-refractivity contribution in [1.29, 1.82) is 0 Å². The lowest BCUT2D eigenvalue weighted by Gasteiger charge is -2.28. The predicted molar refractivity (Wildman–Crippen MR) is 110 cm³/mol. The van der Waals surface area contributed by atoms with Crippen molar-refractivity contribution in [3.63, 3.8) is 0 Å². The van der Waals surface area contributed by atoms with Crippen LogP contribution in [0.15, 0.2) is 23.2 Å². The molecular weight excluding hydrogens is 439 g/mol. The molecule has 11 heteroatoms. The van der Waals surface area contributed by atoms with Gasteiger partial charge in [0.25, 0.3) is 0 Å². The number of halogens is 2. The molecule has 0 spiro atoms. The third-order valence-electron chi connectivity index (χ3n) is 4.31. The third-order valence-corrected chi connectivity index (χ3v) is 4.90. The van der Waals surface area contributed by atoms with Gasteiger partial charge in [-0.25, -0.2) is 14.6 Å². The van der Waals surface area contributed by atoms with Gasteiger partial charge in [-0.1, -0.05) is 23.2 Å². The number of carbonyl (C=O) groups is 2. The Kier molecular flexibility index (Phi) is 6.23. The second kappa shape index (κ2) is 8.68. The monoisotopic (exact) mass is 454 g/mol. The average molecular weight is 455 g/mol. The molecule has 1 aliphatic heterocycles. The quantitative estimate of drug-likeness (QED) is 0.518. The lowest BCUT2D eigenvalue weighted by Crippen LogP contribution is -2.24.